The molecule has 0 aliphatic carbocycles. The van der Waals surface area contributed by atoms with E-state index in [0.717, 1.165) is 36.0 Å². The van der Waals surface area contributed by atoms with E-state index >= 15 is 0 Å². The number of para-hydroxylation sites is 1. The summed E-state index contributed by atoms with van der Waals surface area (Å²) in [5, 5.41) is 0. The van der Waals surface area contributed by atoms with Crippen molar-refractivity contribution in [2.24, 2.45) is 0 Å². The zero-order chi connectivity index (χ0) is 14.8. The molecule has 2 nitrogen and oxygen atoms in total. The van der Waals surface area contributed by atoms with Crippen molar-refractivity contribution in [2.75, 3.05) is 11.4 Å². The van der Waals surface area contributed by atoms with Gasteiger partial charge >= 0.3 is 0 Å². The standard InChI is InChI=1S/C17H16BrNOS/c18-13-8-9-14(16(21)11-13)17(20)19-10-4-3-6-12-5-1-2-7-15(12)19/h1-2,5,7-9,11,21H,3-4,6,10H2. The minimum Gasteiger partial charge on any atom is -0.308 e. The lowest BCUT2D eigenvalue weighted by Gasteiger charge is -2.23. The maximum absolute atomic E-state index is 12.9. The molecule has 4 heteroatoms. The van der Waals surface area contributed by atoms with Gasteiger partial charge in [0.2, 0.25) is 0 Å². The summed E-state index contributed by atoms with van der Waals surface area (Å²) in [5.41, 5.74) is 2.94. The predicted molar refractivity (Wildman–Crippen MR) is 92.5 cm³/mol. The number of carbonyl (C=O) groups excluding carboxylic acids is 1. The number of hydrogen-bond acceptors (Lipinski definition) is 2. The Morgan fingerprint density at radius 1 is 1.14 bits per heavy atom. The number of thiol groups is 1. The van der Waals surface area contributed by atoms with Crippen LogP contribution in [-0.4, -0.2) is 12.5 Å². The van der Waals surface area contributed by atoms with Crippen LogP contribution in [0.4, 0.5) is 5.69 Å². The molecule has 0 atom stereocenters. The summed E-state index contributed by atoms with van der Waals surface area (Å²) in [6, 6.07) is 13.8. The largest absolute Gasteiger partial charge is 0.308 e. The number of amides is 1. The topological polar surface area (TPSA) is 20.3 Å². The van der Waals surface area contributed by atoms with Crippen molar-refractivity contribution < 1.29 is 4.79 Å². The Morgan fingerprint density at radius 2 is 1.95 bits per heavy atom. The normalized spacial score (nSPS) is 14.5. The van der Waals surface area contributed by atoms with Gasteiger partial charge in [-0.2, -0.15) is 0 Å². The Labute approximate surface area is 138 Å². The summed E-state index contributed by atoms with van der Waals surface area (Å²) in [5.74, 6) is 0.0295. The number of hydrogen-bond donors (Lipinski definition) is 1. The highest BCUT2D eigenvalue weighted by atomic mass is 79.9. The fraction of sp³-hybridized carbons (Fsp3) is 0.235. The molecule has 0 fully saturated rings. The van der Waals surface area contributed by atoms with Crippen LogP contribution in [0.25, 0.3) is 0 Å². The van der Waals surface area contributed by atoms with E-state index in [1.165, 1.54) is 5.56 Å². The van der Waals surface area contributed by atoms with Crippen molar-refractivity contribution in [3.8, 4) is 0 Å². The lowest BCUT2D eigenvalue weighted by Crippen LogP contribution is -2.32. The molecule has 1 aliphatic rings. The van der Waals surface area contributed by atoms with Gasteiger partial charge in [-0.15, -0.1) is 12.6 Å². The second-order valence-electron chi connectivity index (χ2n) is 5.20. The van der Waals surface area contributed by atoms with E-state index in [1.807, 2.05) is 41.3 Å². The Hall–Kier alpha value is -1.26. The van der Waals surface area contributed by atoms with Crippen LogP contribution in [0, 0.1) is 0 Å². The van der Waals surface area contributed by atoms with E-state index in [0.29, 0.717) is 10.5 Å². The van der Waals surface area contributed by atoms with Crippen LogP contribution in [0.1, 0.15) is 28.8 Å². The Kier molecular flexibility index (Phi) is 4.36. The Balaban J connectivity index is 2.01. The lowest BCUT2D eigenvalue weighted by molar-refractivity contribution is 0.0984. The number of nitrogens with zero attached hydrogens (tertiary/aromatic N) is 1. The van der Waals surface area contributed by atoms with Gasteiger partial charge in [-0.25, -0.2) is 0 Å². The molecule has 2 aromatic rings. The third-order valence-electron chi connectivity index (χ3n) is 3.80. The molecule has 0 radical (unpaired) electrons. The van der Waals surface area contributed by atoms with Crippen LogP contribution in [0.5, 0.6) is 0 Å². The van der Waals surface area contributed by atoms with Crippen molar-refractivity contribution in [3.05, 3.63) is 58.1 Å². The average molecular weight is 362 g/mol. The molecule has 1 aliphatic heterocycles. The van der Waals surface area contributed by atoms with Gasteiger partial charge in [0.1, 0.15) is 0 Å². The highest BCUT2D eigenvalue weighted by Crippen LogP contribution is 2.29. The van der Waals surface area contributed by atoms with Crippen LogP contribution in [-0.2, 0) is 6.42 Å². The van der Waals surface area contributed by atoms with Gasteiger partial charge in [-0.05, 0) is 49.1 Å². The van der Waals surface area contributed by atoms with Gasteiger partial charge in [-0.3, -0.25) is 4.79 Å². The van der Waals surface area contributed by atoms with Gasteiger partial charge in [0.15, 0.2) is 0 Å². The third-order valence-corrected chi connectivity index (χ3v) is 4.66. The monoisotopic (exact) mass is 361 g/mol. The van der Waals surface area contributed by atoms with E-state index in [-0.39, 0.29) is 5.91 Å². The van der Waals surface area contributed by atoms with Crippen molar-refractivity contribution >= 4 is 40.2 Å². The van der Waals surface area contributed by atoms with Crippen LogP contribution in [0.2, 0.25) is 0 Å². The summed E-state index contributed by atoms with van der Waals surface area (Å²) in [4.78, 5) is 15.5. The molecular formula is C17H16BrNOS. The van der Waals surface area contributed by atoms with Gasteiger partial charge < -0.3 is 4.90 Å². The van der Waals surface area contributed by atoms with Crippen LogP contribution < -0.4 is 4.90 Å². The highest BCUT2D eigenvalue weighted by molar-refractivity contribution is 9.10. The van der Waals surface area contributed by atoms with Crippen LogP contribution in [0.15, 0.2) is 51.8 Å². The minimum absolute atomic E-state index is 0.0295. The number of halogens is 1. The number of carbonyl (C=O) groups is 1. The molecule has 0 unspecified atom stereocenters. The van der Waals surface area contributed by atoms with Gasteiger partial charge in [0.05, 0.1) is 5.56 Å². The molecule has 108 valence electrons. The maximum Gasteiger partial charge on any atom is 0.259 e. The first kappa shape index (κ1) is 14.7. The first-order valence-electron chi connectivity index (χ1n) is 7.05. The number of benzene rings is 2. The minimum atomic E-state index is 0.0295. The molecule has 1 amide bonds. The molecule has 3 rings (SSSR count). The summed E-state index contributed by atoms with van der Waals surface area (Å²) in [6.07, 6.45) is 3.18. The van der Waals surface area contributed by atoms with Crippen LogP contribution in [0.3, 0.4) is 0 Å². The molecule has 1 heterocycles. The molecule has 0 saturated carbocycles. The molecular weight excluding hydrogens is 346 g/mol. The van der Waals surface area contributed by atoms with Crippen molar-refractivity contribution in [1.82, 2.24) is 0 Å². The van der Waals surface area contributed by atoms with E-state index in [1.54, 1.807) is 0 Å². The summed E-state index contributed by atoms with van der Waals surface area (Å²) in [6.45, 7) is 0.763. The first-order valence-corrected chi connectivity index (χ1v) is 8.29. The van der Waals surface area contributed by atoms with E-state index < -0.39 is 0 Å². The molecule has 0 spiro atoms. The number of fused-ring (bicyclic) bond motifs is 1. The van der Waals surface area contributed by atoms with Crippen molar-refractivity contribution in [1.29, 1.82) is 0 Å². The summed E-state index contributed by atoms with van der Waals surface area (Å²) >= 11 is 7.85. The maximum atomic E-state index is 12.9. The number of anilines is 1. The third kappa shape index (κ3) is 3.01. The number of rotatable bonds is 1. The lowest BCUT2D eigenvalue weighted by atomic mass is 10.1. The Morgan fingerprint density at radius 3 is 2.76 bits per heavy atom. The molecule has 0 bridgehead atoms. The fourth-order valence-corrected chi connectivity index (χ4v) is 3.58. The summed E-state index contributed by atoms with van der Waals surface area (Å²) in [7, 11) is 0. The molecule has 0 aromatic heterocycles. The predicted octanol–water partition coefficient (Wildman–Crippen LogP) is 4.72. The molecule has 0 saturated heterocycles. The zero-order valence-electron chi connectivity index (χ0n) is 11.6. The molecule has 0 N–H and O–H groups in total. The fourth-order valence-electron chi connectivity index (χ4n) is 2.73. The molecule has 2 aromatic carbocycles. The van der Waals surface area contributed by atoms with Gasteiger partial charge in [0, 0.05) is 21.6 Å². The van der Waals surface area contributed by atoms with E-state index in [4.69, 9.17) is 0 Å². The quantitative estimate of drug-likeness (QED) is 0.728. The van der Waals surface area contributed by atoms with Crippen LogP contribution >= 0.6 is 28.6 Å². The van der Waals surface area contributed by atoms with Crippen molar-refractivity contribution in [3.63, 3.8) is 0 Å². The van der Waals surface area contributed by atoms with E-state index in [2.05, 4.69) is 34.6 Å². The second kappa shape index (κ2) is 6.24. The summed E-state index contributed by atoms with van der Waals surface area (Å²) < 4.78 is 0.931. The first-order chi connectivity index (χ1) is 10.2. The smallest absolute Gasteiger partial charge is 0.259 e. The molecule has 21 heavy (non-hydrogen) atoms. The van der Waals surface area contributed by atoms with E-state index in [9.17, 15) is 4.79 Å². The average Bonchev–Trinajstić information content (AvgIpc) is 2.69. The second-order valence-corrected chi connectivity index (χ2v) is 6.60. The highest BCUT2D eigenvalue weighted by Gasteiger charge is 2.23. The van der Waals surface area contributed by atoms with Gasteiger partial charge in [-0.1, -0.05) is 34.1 Å². The van der Waals surface area contributed by atoms with Gasteiger partial charge in [0.25, 0.3) is 5.91 Å². The number of aryl methyl sites for hydroxylation is 1. The SMILES string of the molecule is O=C(c1ccc(Br)cc1S)N1CCCCc2ccccc21. The van der Waals surface area contributed by atoms with Crippen molar-refractivity contribution in [2.45, 2.75) is 24.2 Å². The Bertz CT molecular complexity index is 686. The zero-order valence-corrected chi connectivity index (χ0v) is 14.0.